The Labute approximate surface area is 115 Å². The predicted molar refractivity (Wildman–Crippen MR) is 76.7 cm³/mol. The lowest BCUT2D eigenvalue weighted by atomic mass is 10.2. The number of pyridine rings is 1. The first kappa shape index (κ1) is 13.4. The monoisotopic (exact) mass is 274 g/mol. The van der Waals surface area contributed by atoms with Gasteiger partial charge in [-0.1, -0.05) is 6.07 Å². The third-order valence-corrected chi connectivity index (χ3v) is 3.33. The van der Waals surface area contributed by atoms with Crippen molar-refractivity contribution in [3.05, 3.63) is 53.9 Å². The second-order valence-electron chi connectivity index (χ2n) is 3.90. The van der Waals surface area contributed by atoms with Gasteiger partial charge in [0.1, 0.15) is 5.69 Å². The molecule has 0 aliphatic rings. The average molecular weight is 274 g/mol. The number of hydrogen-bond acceptors (Lipinski definition) is 4. The van der Waals surface area contributed by atoms with E-state index in [1.807, 2.05) is 30.5 Å². The van der Waals surface area contributed by atoms with Crippen molar-refractivity contribution in [2.45, 2.75) is 11.4 Å². The summed E-state index contributed by atoms with van der Waals surface area (Å²) in [4.78, 5) is 16.1. The number of carbonyl (C=O) groups is 1. The van der Waals surface area contributed by atoms with Crippen molar-refractivity contribution in [2.75, 3.05) is 11.6 Å². The summed E-state index contributed by atoms with van der Waals surface area (Å²) >= 11 is 1.69. The van der Waals surface area contributed by atoms with Crippen molar-refractivity contribution >= 4 is 23.4 Å². The molecule has 0 aliphatic heterocycles. The summed E-state index contributed by atoms with van der Waals surface area (Å²) in [6.07, 6.45) is 2.03. The van der Waals surface area contributed by atoms with E-state index in [9.17, 15) is 4.79 Å². The molecule has 1 aromatic heterocycles. The number of nitrogens with one attached hydrogen (secondary N) is 1. The van der Waals surface area contributed by atoms with Crippen molar-refractivity contribution < 1.29 is 9.90 Å². The molecule has 2 rings (SSSR count). The zero-order valence-corrected chi connectivity index (χ0v) is 11.3. The van der Waals surface area contributed by atoms with Crippen LogP contribution in [0, 0.1) is 0 Å². The zero-order valence-electron chi connectivity index (χ0n) is 10.5. The minimum atomic E-state index is -1.01. The highest BCUT2D eigenvalue weighted by Gasteiger charge is 2.04. The normalized spacial score (nSPS) is 10.2. The molecular weight excluding hydrogens is 260 g/mol. The molecule has 2 N–H and O–H groups in total. The highest BCUT2D eigenvalue weighted by molar-refractivity contribution is 7.98. The molecule has 5 heteroatoms. The lowest BCUT2D eigenvalue weighted by molar-refractivity contribution is 0.0690. The van der Waals surface area contributed by atoms with E-state index in [2.05, 4.69) is 10.3 Å². The SMILES string of the molecule is CSc1ccc(NCc2cccc(C(=O)O)n2)cc1. The maximum Gasteiger partial charge on any atom is 0.354 e. The Morgan fingerprint density at radius 2 is 2.00 bits per heavy atom. The van der Waals surface area contributed by atoms with E-state index >= 15 is 0 Å². The van der Waals surface area contributed by atoms with Crippen LogP contribution in [0.5, 0.6) is 0 Å². The first-order valence-electron chi connectivity index (χ1n) is 5.76. The van der Waals surface area contributed by atoms with Gasteiger partial charge in [-0.05, 0) is 42.7 Å². The fraction of sp³-hybridized carbons (Fsp3) is 0.143. The molecule has 0 saturated heterocycles. The first-order chi connectivity index (χ1) is 9.19. The Kier molecular flexibility index (Phi) is 4.41. The van der Waals surface area contributed by atoms with Crippen LogP contribution in [-0.2, 0) is 6.54 Å². The van der Waals surface area contributed by atoms with Gasteiger partial charge in [-0.3, -0.25) is 0 Å². The summed E-state index contributed by atoms with van der Waals surface area (Å²) in [6.45, 7) is 0.500. The molecule has 19 heavy (non-hydrogen) atoms. The van der Waals surface area contributed by atoms with E-state index in [4.69, 9.17) is 5.11 Å². The van der Waals surface area contributed by atoms with Crippen molar-refractivity contribution in [1.29, 1.82) is 0 Å². The van der Waals surface area contributed by atoms with Gasteiger partial charge in [0.2, 0.25) is 0 Å². The number of carboxylic acid groups (broad SMARTS) is 1. The van der Waals surface area contributed by atoms with Crippen LogP contribution in [-0.4, -0.2) is 22.3 Å². The fourth-order valence-corrected chi connectivity index (χ4v) is 2.01. The van der Waals surface area contributed by atoms with Gasteiger partial charge >= 0.3 is 5.97 Å². The lowest BCUT2D eigenvalue weighted by Gasteiger charge is -2.07. The largest absolute Gasteiger partial charge is 0.477 e. The van der Waals surface area contributed by atoms with Crippen LogP contribution in [0.25, 0.3) is 0 Å². The van der Waals surface area contributed by atoms with Crippen LogP contribution in [0.4, 0.5) is 5.69 Å². The Bertz CT molecular complexity index is 570. The lowest BCUT2D eigenvalue weighted by Crippen LogP contribution is -2.06. The number of carboxylic acids is 1. The van der Waals surface area contributed by atoms with E-state index < -0.39 is 5.97 Å². The summed E-state index contributed by atoms with van der Waals surface area (Å²) in [5, 5.41) is 12.1. The van der Waals surface area contributed by atoms with Crippen molar-refractivity contribution in [3.8, 4) is 0 Å². The number of benzene rings is 1. The van der Waals surface area contributed by atoms with Gasteiger partial charge in [-0.25, -0.2) is 9.78 Å². The summed E-state index contributed by atoms with van der Waals surface area (Å²) < 4.78 is 0. The molecule has 0 spiro atoms. The van der Waals surface area contributed by atoms with E-state index in [-0.39, 0.29) is 5.69 Å². The predicted octanol–water partition coefficient (Wildman–Crippen LogP) is 3.11. The molecule has 1 heterocycles. The zero-order chi connectivity index (χ0) is 13.7. The van der Waals surface area contributed by atoms with Crippen LogP contribution in [0.15, 0.2) is 47.4 Å². The number of aromatic nitrogens is 1. The number of rotatable bonds is 5. The topological polar surface area (TPSA) is 62.2 Å². The second-order valence-corrected chi connectivity index (χ2v) is 4.78. The maximum atomic E-state index is 10.8. The Balaban J connectivity index is 2.01. The molecule has 2 aromatic rings. The summed E-state index contributed by atoms with van der Waals surface area (Å²) in [7, 11) is 0. The fourth-order valence-electron chi connectivity index (χ4n) is 1.60. The standard InChI is InChI=1S/C14H14N2O2S/c1-19-12-7-5-10(6-8-12)15-9-11-3-2-4-13(16-11)14(17)18/h2-8,15H,9H2,1H3,(H,17,18). The molecule has 98 valence electrons. The quantitative estimate of drug-likeness (QED) is 0.820. The summed E-state index contributed by atoms with van der Waals surface area (Å²) in [6, 6.07) is 13.0. The molecule has 0 radical (unpaired) electrons. The Hall–Kier alpha value is -2.01. The molecule has 0 amide bonds. The number of thioether (sulfide) groups is 1. The third kappa shape index (κ3) is 3.72. The maximum absolute atomic E-state index is 10.8. The Morgan fingerprint density at radius 3 is 2.63 bits per heavy atom. The van der Waals surface area contributed by atoms with Crippen molar-refractivity contribution in [3.63, 3.8) is 0 Å². The molecule has 0 aliphatic carbocycles. The molecule has 0 atom stereocenters. The highest BCUT2D eigenvalue weighted by atomic mass is 32.2. The number of hydrogen-bond donors (Lipinski definition) is 2. The molecular formula is C14H14N2O2S. The van der Waals surface area contributed by atoms with Gasteiger partial charge < -0.3 is 10.4 Å². The van der Waals surface area contributed by atoms with Crippen LogP contribution in [0.1, 0.15) is 16.2 Å². The van der Waals surface area contributed by atoms with Gasteiger partial charge in [0.05, 0.1) is 12.2 Å². The third-order valence-electron chi connectivity index (χ3n) is 2.59. The van der Waals surface area contributed by atoms with E-state index in [1.165, 1.54) is 11.0 Å². The molecule has 0 bridgehead atoms. The van der Waals surface area contributed by atoms with Crippen LogP contribution >= 0.6 is 11.8 Å². The first-order valence-corrected chi connectivity index (χ1v) is 6.98. The molecule has 0 unspecified atom stereocenters. The number of aromatic carboxylic acids is 1. The molecule has 0 fully saturated rings. The van der Waals surface area contributed by atoms with Crippen LogP contribution in [0.3, 0.4) is 0 Å². The molecule has 4 nitrogen and oxygen atoms in total. The van der Waals surface area contributed by atoms with Gasteiger partial charge in [-0.15, -0.1) is 11.8 Å². The van der Waals surface area contributed by atoms with E-state index in [0.29, 0.717) is 12.2 Å². The van der Waals surface area contributed by atoms with Gasteiger partial charge in [0.25, 0.3) is 0 Å². The minimum Gasteiger partial charge on any atom is -0.477 e. The second kappa shape index (κ2) is 6.24. The number of anilines is 1. The minimum absolute atomic E-state index is 0.0667. The molecule has 0 saturated carbocycles. The highest BCUT2D eigenvalue weighted by Crippen LogP contribution is 2.17. The number of nitrogens with zero attached hydrogens (tertiary/aromatic N) is 1. The van der Waals surface area contributed by atoms with Gasteiger partial charge in [0.15, 0.2) is 0 Å². The summed E-state index contributed by atoms with van der Waals surface area (Å²) in [5.41, 5.74) is 1.76. The van der Waals surface area contributed by atoms with Crippen molar-refractivity contribution in [1.82, 2.24) is 4.98 Å². The van der Waals surface area contributed by atoms with Gasteiger partial charge in [0, 0.05) is 10.6 Å². The van der Waals surface area contributed by atoms with Crippen LogP contribution < -0.4 is 5.32 Å². The average Bonchev–Trinajstić information content (AvgIpc) is 2.46. The smallest absolute Gasteiger partial charge is 0.354 e. The summed E-state index contributed by atoms with van der Waals surface area (Å²) in [5.74, 6) is -1.01. The van der Waals surface area contributed by atoms with Crippen molar-refractivity contribution in [2.24, 2.45) is 0 Å². The molecule has 1 aromatic carbocycles. The Morgan fingerprint density at radius 1 is 1.26 bits per heavy atom. The van der Waals surface area contributed by atoms with Gasteiger partial charge in [-0.2, -0.15) is 0 Å². The van der Waals surface area contributed by atoms with E-state index in [0.717, 1.165) is 5.69 Å². The van der Waals surface area contributed by atoms with E-state index in [1.54, 1.807) is 23.9 Å². The van der Waals surface area contributed by atoms with Crippen LogP contribution in [0.2, 0.25) is 0 Å².